The Bertz CT molecular complexity index is 2620. The van der Waals surface area contributed by atoms with Crippen molar-refractivity contribution in [2.75, 3.05) is 24.6 Å². The largest absolute Gasteiger partial charge is 0.504 e. The number of guanidine groups is 1. The van der Waals surface area contributed by atoms with Crippen molar-refractivity contribution in [3.63, 3.8) is 0 Å². The third-order valence-corrected chi connectivity index (χ3v) is 23.2. The van der Waals surface area contributed by atoms with Crippen LogP contribution in [0.1, 0.15) is 175 Å². The number of allylic oxidation sites excluding steroid dienone is 1. The van der Waals surface area contributed by atoms with Gasteiger partial charge in [-0.05, 0) is 175 Å². The molecule has 1 saturated heterocycles. The van der Waals surface area contributed by atoms with Crippen LogP contribution in [-0.2, 0) is 40.1 Å². The van der Waals surface area contributed by atoms with E-state index in [1.54, 1.807) is 6.20 Å². The summed E-state index contributed by atoms with van der Waals surface area (Å²) < 4.78 is 13.5. The molecule has 5 aliphatic carbocycles. The molecule has 404 valence electrons. The first-order valence-electron chi connectivity index (χ1n) is 28.8. The minimum atomic E-state index is -0.827. The maximum absolute atomic E-state index is 14.6. The van der Waals surface area contributed by atoms with Crippen LogP contribution in [-0.4, -0.2) is 79.0 Å². The summed E-state index contributed by atoms with van der Waals surface area (Å²) in [6, 6.07) is 16.9. The van der Waals surface area contributed by atoms with Crippen LogP contribution >= 0.6 is 21.6 Å². The van der Waals surface area contributed by atoms with Gasteiger partial charge >= 0.3 is 5.97 Å². The number of carbonyl (C=O) groups is 2. The Kier molecular flexibility index (Phi) is 15.3. The molecule has 3 spiro atoms. The van der Waals surface area contributed by atoms with Crippen molar-refractivity contribution >= 4 is 45.2 Å². The molecule has 0 radical (unpaired) electrons. The number of aliphatic hydroxyl groups is 1. The van der Waals surface area contributed by atoms with Crippen molar-refractivity contribution in [3.8, 4) is 11.5 Å². The Morgan fingerprint density at radius 3 is 2.59 bits per heavy atom. The molecule has 0 unspecified atom stereocenters. The van der Waals surface area contributed by atoms with Crippen molar-refractivity contribution in [2.24, 2.45) is 39.3 Å². The molecule has 9 atom stereocenters. The number of anilines is 1. The fraction of sp³-hybridized carbons (Fsp3) is 0.639. The van der Waals surface area contributed by atoms with Gasteiger partial charge < -0.3 is 41.4 Å². The first-order valence-corrected chi connectivity index (χ1v) is 31.1. The summed E-state index contributed by atoms with van der Waals surface area (Å²) in [6.45, 7) is 2.64. The van der Waals surface area contributed by atoms with Gasteiger partial charge in [-0.1, -0.05) is 77.3 Å². The van der Waals surface area contributed by atoms with E-state index in [1.165, 1.54) is 44.6 Å². The number of aryl methyl sites for hydroxylation is 2. The van der Waals surface area contributed by atoms with Gasteiger partial charge in [-0.15, -0.1) is 0 Å². The lowest BCUT2D eigenvalue weighted by atomic mass is 9.71. The number of hydrogen-bond donors (Lipinski definition) is 5. The van der Waals surface area contributed by atoms with E-state index in [0.717, 1.165) is 99.5 Å². The number of aromatic nitrogens is 1. The van der Waals surface area contributed by atoms with Gasteiger partial charge in [0.1, 0.15) is 21.9 Å². The topological polar surface area (TPSA) is 186 Å². The average Bonchev–Trinajstić information content (AvgIpc) is 4.15. The highest BCUT2D eigenvalue weighted by molar-refractivity contribution is 8.77. The number of phenols is 1. The Morgan fingerprint density at radius 2 is 1.77 bits per heavy atom. The quantitative estimate of drug-likeness (QED) is 0.0895. The number of esters is 1. The van der Waals surface area contributed by atoms with Gasteiger partial charge in [0, 0.05) is 85.1 Å². The number of rotatable bonds is 6. The second-order valence-electron chi connectivity index (χ2n) is 24.7. The molecular weight excluding hydrogens is 977 g/mol. The van der Waals surface area contributed by atoms with Crippen LogP contribution in [0.4, 0.5) is 5.82 Å². The van der Waals surface area contributed by atoms with Crippen molar-refractivity contribution in [1.29, 1.82) is 0 Å². The van der Waals surface area contributed by atoms with E-state index in [1.807, 2.05) is 38.6 Å². The van der Waals surface area contributed by atoms with Gasteiger partial charge in [-0.25, -0.2) is 4.98 Å². The number of amides is 1. The standard InChI is InChI=1S/C61H82N6O6S2/c1-41(68)72-59-26-17-45(50(69)36-59)13-7-12-43(16-15-42-10-3-2-4-11-42)39-74-75-61(25-9-23-58(61)21-5-6-22-58)66-56(63)65-31-29-57(35-44-20-30-64-51(62)32-44)37-52(70)67(40-57)38-48-33-46(18-27-59)53-47-19-28-60(73-55(53)54(48)71)24-8-14-49(60)34-47/h2-4,10-11,19-20,28,30,32-33,43,45,47,49-50,69,71H,5-9,12-18,21-27,29,31,34-40H2,1H3,(H2,62,64)(H3,63,65,66)/t43-,45-,47+,49+,50+,57-,59+,60-,61-/m0/s1. The third kappa shape index (κ3) is 10.9. The zero-order valence-electron chi connectivity index (χ0n) is 44.4. The number of hydrogen-bond acceptors (Lipinski definition) is 13. The van der Waals surface area contributed by atoms with Crippen LogP contribution in [0.5, 0.6) is 11.5 Å². The molecule has 8 bridgehead atoms. The summed E-state index contributed by atoms with van der Waals surface area (Å²) in [7, 11) is 4.04. The van der Waals surface area contributed by atoms with E-state index >= 15 is 0 Å². The van der Waals surface area contributed by atoms with Gasteiger partial charge in [0.2, 0.25) is 5.91 Å². The predicted octanol–water partition coefficient (Wildman–Crippen LogP) is 11.3. The summed E-state index contributed by atoms with van der Waals surface area (Å²) in [5.74, 6) is 3.38. The van der Waals surface area contributed by atoms with Crippen LogP contribution in [0.25, 0.3) is 0 Å². The summed E-state index contributed by atoms with van der Waals surface area (Å²) in [5.41, 5.74) is 16.8. The van der Waals surface area contributed by atoms with Crippen molar-refractivity contribution in [3.05, 3.63) is 94.7 Å². The minimum Gasteiger partial charge on any atom is -0.504 e. The Morgan fingerprint density at radius 1 is 0.933 bits per heavy atom. The normalized spacial score (nSPS) is 33.9. The van der Waals surface area contributed by atoms with Crippen LogP contribution < -0.4 is 21.5 Å². The fourth-order valence-electron chi connectivity index (χ4n) is 15.9. The molecule has 13 rings (SSSR count). The highest BCUT2D eigenvalue weighted by Gasteiger charge is 2.57. The van der Waals surface area contributed by atoms with E-state index < -0.39 is 22.7 Å². The molecule has 12 nitrogen and oxygen atoms in total. The molecule has 3 aromatic rings. The maximum Gasteiger partial charge on any atom is 0.303 e. The number of phenolic OH excluding ortho intramolecular Hbond substituents is 1. The zero-order valence-corrected chi connectivity index (χ0v) is 46.0. The van der Waals surface area contributed by atoms with Gasteiger partial charge in [-0.3, -0.25) is 14.6 Å². The summed E-state index contributed by atoms with van der Waals surface area (Å²) in [5, 5.41) is 28.6. The van der Waals surface area contributed by atoms with E-state index in [9.17, 15) is 19.8 Å². The number of nitrogens with one attached hydrogen (secondary N) is 1. The average molecular weight is 1060 g/mol. The number of aliphatic hydroxyl groups excluding tert-OH is 1. The van der Waals surface area contributed by atoms with Crippen LogP contribution in [0, 0.1) is 28.6 Å². The first-order chi connectivity index (χ1) is 36.3. The smallest absolute Gasteiger partial charge is 0.303 e. The molecule has 6 heterocycles. The second-order valence-corrected chi connectivity index (χ2v) is 27.3. The number of nitrogens with two attached hydrogens (primary N) is 2. The van der Waals surface area contributed by atoms with Crippen LogP contribution in [0.3, 0.4) is 0 Å². The highest BCUT2D eigenvalue weighted by Crippen LogP contribution is 2.63. The van der Waals surface area contributed by atoms with E-state index in [4.69, 9.17) is 25.9 Å². The van der Waals surface area contributed by atoms with Crippen molar-refractivity contribution in [1.82, 2.24) is 15.2 Å². The van der Waals surface area contributed by atoms with Gasteiger partial charge in [-0.2, -0.15) is 0 Å². The van der Waals surface area contributed by atoms with E-state index in [-0.39, 0.29) is 46.3 Å². The molecule has 14 heteroatoms. The molecule has 10 aliphatic rings. The predicted molar refractivity (Wildman–Crippen MR) is 300 cm³/mol. The summed E-state index contributed by atoms with van der Waals surface area (Å²) >= 11 is 0. The highest BCUT2D eigenvalue weighted by atomic mass is 33.1. The molecule has 4 saturated carbocycles. The first kappa shape index (κ1) is 52.6. The molecule has 1 amide bonds. The number of carbonyl (C=O) groups excluding carboxylic acids is 2. The van der Waals surface area contributed by atoms with Crippen LogP contribution in [0.2, 0.25) is 0 Å². The molecule has 2 aromatic carbocycles. The van der Waals surface area contributed by atoms with Gasteiger partial charge in [0.05, 0.1) is 6.10 Å². The van der Waals surface area contributed by atoms with E-state index in [2.05, 4.69) is 58.9 Å². The van der Waals surface area contributed by atoms with Crippen molar-refractivity contribution < 1.29 is 29.3 Å². The number of ether oxygens (including phenoxy) is 2. The molecule has 5 fully saturated rings. The number of aromatic hydroxyl groups is 1. The third-order valence-electron chi connectivity index (χ3n) is 19.8. The fourth-order valence-corrected chi connectivity index (χ4v) is 19.9. The lowest BCUT2D eigenvalue weighted by Gasteiger charge is -2.44. The second kappa shape index (κ2) is 21.8. The molecule has 5 aliphatic heterocycles. The maximum atomic E-state index is 14.6. The summed E-state index contributed by atoms with van der Waals surface area (Å²) in [4.78, 5) is 38.8. The Labute approximate surface area is 453 Å². The number of fused-ring (bicyclic) bond motifs is 12. The SMILES string of the molecule is CC(=O)O[C@@]12CCc3cc(c(O)c4c3[C@@H]3C=C[C@]5(CCC[C@@H]5C3)O4)CN3C[C@](Cc4ccnc(N)c4)(CCN=C(N)N[C@@]4(CCCC45CCCC5)SSC[C@H](CCc4ccccc4)CCC[C@@H](CC1)[C@H](O)C2)CC3=O. The lowest BCUT2D eigenvalue weighted by Crippen LogP contribution is -2.55. The van der Waals surface area contributed by atoms with Crippen molar-refractivity contribution in [2.45, 2.75) is 196 Å². The molecule has 75 heavy (non-hydrogen) atoms. The van der Waals surface area contributed by atoms with Gasteiger partial charge in [0.25, 0.3) is 0 Å². The monoisotopic (exact) mass is 1060 g/mol. The van der Waals surface area contributed by atoms with Crippen LogP contribution in [0.15, 0.2) is 71.9 Å². The number of benzene rings is 2. The number of nitrogen functional groups attached to an aromatic ring is 1. The Balaban J connectivity index is 0.940. The zero-order chi connectivity index (χ0) is 51.8. The molecule has 7 N–H and O–H groups in total. The number of pyridine rings is 1. The summed E-state index contributed by atoms with van der Waals surface area (Å²) in [6.07, 6.45) is 27.8. The van der Waals surface area contributed by atoms with E-state index in [0.29, 0.717) is 93.0 Å². The molecule has 1 aromatic heterocycles. The number of nitrogens with zero attached hydrogens (tertiary/aromatic N) is 3. The lowest BCUT2D eigenvalue weighted by molar-refractivity contribution is -0.168. The molecular formula is C61H82N6O6S2. The number of aliphatic imine (C=N–C) groups is 1. The van der Waals surface area contributed by atoms with Gasteiger partial charge in [0.15, 0.2) is 17.5 Å². The minimum absolute atomic E-state index is 0.0283. The Hall–Kier alpha value is -4.40.